The summed E-state index contributed by atoms with van der Waals surface area (Å²) in [7, 11) is 3.20. The van der Waals surface area contributed by atoms with E-state index in [2.05, 4.69) is 5.32 Å². The summed E-state index contributed by atoms with van der Waals surface area (Å²) in [6.45, 7) is 5.77. The molecule has 0 radical (unpaired) electrons. The zero-order valence-electron chi connectivity index (χ0n) is 16.5. The van der Waals surface area contributed by atoms with Crippen LogP contribution in [0.25, 0.3) is 6.08 Å². The molecule has 1 N–H and O–H groups in total. The van der Waals surface area contributed by atoms with Gasteiger partial charge in [0.05, 0.1) is 20.3 Å². The molecule has 5 nitrogen and oxygen atoms in total. The summed E-state index contributed by atoms with van der Waals surface area (Å²) in [5.41, 5.74) is 3.04. The minimum atomic E-state index is -0.217. The standard InChI is InChI=1S/C22H27NO4/c1-6-7-17-9-11-20(21(13-17)26-5)27-14-22(24)23-16(3)18-12-15(2)8-10-19(18)25-4/h6-13,16H,14H2,1-5H3,(H,23,24)/b7-6+/t16-/m0/s1. The Morgan fingerprint density at radius 1 is 1.07 bits per heavy atom. The predicted molar refractivity (Wildman–Crippen MR) is 107 cm³/mol. The van der Waals surface area contributed by atoms with E-state index in [4.69, 9.17) is 14.2 Å². The number of hydrogen-bond donors (Lipinski definition) is 1. The second kappa shape index (κ2) is 9.67. The molecular weight excluding hydrogens is 342 g/mol. The smallest absolute Gasteiger partial charge is 0.258 e. The number of rotatable bonds is 8. The van der Waals surface area contributed by atoms with Crippen molar-refractivity contribution in [2.45, 2.75) is 26.8 Å². The number of allylic oxidation sites excluding steroid dienone is 1. The number of benzene rings is 2. The number of aryl methyl sites for hydroxylation is 1. The quantitative estimate of drug-likeness (QED) is 0.754. The van der Waals surface area contributed by atoms with Crippen molar-refractivity contribution in [1.29, 1.82) is 0 Å². The third-order valence-electron chi connectivity index (χ3n) is 4.13. The molecule has 0 aliphatic carbocycles. The van der Waals surface area contributed by atoms with Crippen LogP contribution in [0.1, 0.15) is 36.6 Å². The molecule has 1 atom stereocenters. The van der Waals surface area contributed by atoms with E-state index in [9.17, 15) is 4.79 Å². The Hall–Kier alpha value is -2.95. The lowest BCUT2D eigenvalue weighted by Crippen LogP contribution is -2.31. The Bertz CT molecular complexity index is 814. The molecule has 0 heterocycles. The van der Waals surface area contributed by atoms with Crippen LogP contribution in [-0.4, -0.2) is 26.7 Å². The lowest BCUT2D eigenvalue weighted by molar-refractivity contribution is -0.123. The first-order chi connectivity index (χ1) is 13.0. The second-order valence-electron chi connectivity index (χ2n) is 6.23. The van der Waals surface area contributed by atoms with E-state index in [0.717, 1.165) is 22.4 Å². The number of ether oxygens (including phenoxy) is 3. The molecular formula is C22H27NO4. The summed E-state index contributed by atoms with van der Waals surface area (Å²) in [6, 6.07) is 11.3. The molecule has 2 rings (SSSR count). The number of hydrogen-bond acceptors (Lipinski definition) is 4. The minimum Gasteiger partial charge on any atom is -0.496 e. The van der Waals surface area contributed by atoms with Gasteiger partial charge in [-0.3, -0.25) is 4.79 Å². The highest BCUT2D eigenvalue weighted by atomic mass is 16.5. The monoisotopic (exact) mass is 369 g/mol. The number of methoxy groups -OCH3 is 2. The lowest BCUT2D eigenvalue weighted by atomic mass is 10.0. The number of carbonyl (C=O) groups is 1. The maximum Gasteiger partial charge on any atom is 0.258 e. The summed E-state index contributed by atoms with van der Waals surface area (Å²) >= 11 is 0. The average molecular weight is 369 g/mol. The summed E-state index contributed by atoms with van der Waals surface area (Å²) in [5.74, 6) is 1.65. The van der Waals surface area contributed by atoms with Crippen molar-refractivity contribution in [1.82, 2.24) is 5.32 Å². The van der Waals surface area contributed by atoms with Crippen molar-refractivity contribution in [2.75, 3.05) is 20.8 Å². The van der Waals surface area contributed by atoms with E-state index in [-0.39, 0.29) is 18.6 Å². The number of carbonyl (C=O) groups excluding carboxylic acids is 1. The van der Waals surface area contributed by atoms with Gasteiger partial charge in [0, 0.05) is 5.56 Å². The Morgan fingerprint density at radius 2 is 1.78 bits per heavy atom. The highest BCUT2D eigenvalue weighted by Gasteiger charge is 2.15. The van der Waals surface area contributed by atoms with Gasteiger partial charge in [0.1, 0.15) is 5.75 Å². The van der Waals surface area contributed by atoms with Gasteiger partial charge in [-0.25, -0.2) is 0 Å². The fourth-order valence-corrected chi connectivity index (χ4v) is 2.80. The third kappa shape index (κ3) is 5.51. The van der Waals surface area contributed by atoms with E-state index in [0.29, 0.717) is 11.5 Å². The molecule has 0 saturated heterocycles. The summed E-state index contributed by atoms with van der Waals surface area (Å²) in [5, 5.41) is 2.94. The van der Waals surface area contributed by atoms with Crippen LogP contribution in [-0.2, 0) is 4.79 Å². The van der Waals surface area contributed by atoms with E-state index in [1.807, 2.05) is 63.3 Å². The van der Waals surface area contributed by atoms with Crippen molar-refractivity contribution in [3.05, 3.63) is 59.2 Å². The Balaban J connectivity index is 2.01. The normalized spacial score (nSPS) is 11.9. The lowest BCUT2D eigenvalue weighted by Gasteiger charge is -2.18. The Kier molecular flexibility index (Phi) is 7.29. The molecule has 0 fully saturated rings. The number of amides is 1. The summed E-state index contributed by atoms with van der Waals surface area (Å²) < 4.78 is 16.4. The van der Waals surface area contributed by atoms with Crippen molar-refractivity contribution in [3.63, 3.8) is 0 Å². The molecule has 27 heavy (non-hydrogen) atoms. The zero-order valence-corrected chi connectivity index (χ0v) is 16.5. The van der Waals surface area contributed by atoms with Gasteiger partial charge < -0.3 is 19.5 Å². The molecule has 0 aliphatic heterocycles. The number of nitrogens with one attached hydrogen (secondary N) is 1. The van der Waals surface area contributed by atoms with Gasteiger partial charge >= 0.3 is 0 Å². The third-order valence-corrected chi connectivity index (χ3v) is 4.13. The molecule has 2 aromatic rings. The molecule has 0 bridgehead atoms. The van der Waals surface area contributed by atoms with Crippen molar-refractivity contribution < 1.29 is 19.0 Å². The van der Waals surface area contributed by atoms with Gasteiger partial charge in [0.2, 0.25) is 0 Å². The SMILES string of the molecule is C/C=C/c1ccc(OCC(=O)N[C@@H](C)c2cc(C)ccc2OC)c(OC)c1. The minimum absolute atomic E-state index is 0.0994. The van der Waals surface area contributed by atoms with E-state index < -0.39 is 0 Å². The first-order valence-corrected chi connectivity index (χ1v) is 8.86. The van der Waals surface area contributed by atoms with Crippen LogP contribution in [0.3, 0.4) is 0 Å². The first kappa shape index (κ1) is 20.4. The van der Waals surface area contributed by atoms with Crippen LogP contribution in [0.2, 0.25) is 0 Å². The molecule has 0 aliphatic rings. The van der Waals surface area contributed by atoms with Gasteiger partial charge in [-0.2, -0.15) is 0 Å². The van der Waals surface area contributed by atoms with Crippen LogP contribution < -0.4 is 19.5 Å². The Labute approximate surface area is 161 Å². The van der Waals surface area contributed by atoms with Crippen molar-refractivity contribution in [3.8, 4) is 17.2 Å². The molecule has 0 spiro atoms. The first-order valence-electron chi connectivity index (χ1n) is 8.86. The largest absolute Gasteiger partial charge is 0.496 e. The van der Waals surface area contributed by atoms with Crippen molar-refractivity contribution >= 4 is 12.0 Å². The molecule has 0 unspecified atom stereocenters. The summed E-state index contributed by atoms with van der Waals surface area (Å²) in [4.78, 5) is 12.3. The zero-order chi connectivity index (χ0) is 19.8. The van der Waals surface area contributed by atoms with Crippen molar-refractivity contribution in [2.24, 2.45) is 0 Å². The van der Waals surface area contributed by atoms with Crippen LogP contribution in [0.5, 0.6) is 17.2 Å². The average Bonchev–Trinajstić information content (AvgIpc) is 2.67. The molecule has 5 heteroatoms. The van der Waals surface area contributed by atoms with Crippen LogP contribution in [0.4, 0.5) is 0 Å². The highest BCUT2D eigenvalue weighted by Crippen LogP contribution is 2.29. The van der Waals surface area contributed by atoms with Crippen LogP contribution in [0.15, 0.2) is 42.5 Å². The molecule has 0 aromatic heterocycles. The van der Waals surface area contributed by atoms with Gasteiger partial charge in [-0.05, 0) is 44.5 Å². The van der Waals surface area contributed by atoms with Crippen LogP contribution >= 0.6 is 0 Å². The fourth-order valence-electron chi connectivity index (χ4n) is 2.80. The maximum absolute atomic E-state index is 12.3. The molecule has 2 aromatic carbocycles. The van der Waals surface area contributed by atoms with Gasteiger partial charge in [-0.1, -0.05) is 35.9 Å². The molecule has 1 amide bonds. The van der Waals surface area contributed by atoms with Gasteiger partial charge in [0.15, 0.2) is 18.1 Å². The van der Waals surface area contributed by atoms with E-state index >= 15 is 0 Å². The second-order valence-corrected chi connectivity index (χ2v) is 6.23. The van der Waals surface area contributed by atoms with Gasteiger partial charge in [0.25, 0.3) is 5.91 Å². The topological polar surface area (TPSA) is 56.8 Å². The van der Waals surface area contributed by atoms with Gasteiger partial charge in [-0.15, -0.1) is 0 Å². The van der Waals surface area contributed by atoms with E-state index in [1.165, 1.54) is 0 Å². The van der Waals surface area contributed by atoms with E-state index in [1.54, 1.807) is 20.3 Å². The highest BCUT2D eigenvalue weighted by molar-refractivity contribution is 5.78. The Morgan fingerprint density at radius 3 is 2.44 bits per heavy atom. The molecule has 0 saturated carbocycles. The molecule has 144 valence electrons. The summed E-state index contributed by atoms with van der Waals surface area (Å²) in [6.07, 6.45) is 3.92. The maximum atomic E-state index is 12.3. The van der Waals surface area contributed by atoms with Crippen LogP contribution in [0, 0.1) is 6.92 Å². The fraction of sp³-hybridized carbons (Fsp3) is 0.318. The predicted octanol–water partition coefficient (Wildman–Crippen LogP) is 4.30.